The summed E-state index contributed by atoms with van der Waals surface area (Å²) in [5.41, 5.74) is 2.39. The molecule has 1 aromatic heterocycles. The van der Waals surface area contributed by atoms with Gasteiger partial charge in [0.15, 0.2) is 0 Å². The van der Waals surface area contributed by atoms with Crippen LogP contribution in [0.1, 0.15) is 22.0 Å². The van der Waals surface area contributed by atoms with Crippen molar-refractivity contribution in [2.75, 3.05) is 32.8 Å². The molecule has 1 atom stereocenters. The van der Waals surface area contributed by atoms with Gasteiger partial charge in [-0.15, -0.1) is 5.10 Å². The summed E-state index contributed by atoms with van der Waals surface area (Å²) in [6.45, 7) is 3.49. The van der Waals surface area contributed by atoms with E-state index in [-0.39, 0.29) is 11.9 Å². The fourth-order valence-electron chi connectivity index (χ4n) is 3.39. The molecule has 150 valence electrons. The summed E-state index contributed by atoms with van der Waals surface area (Å²) in [7, 11) is 0. The second-order valence-corrected chi connectivity index (χ2v) is 7.17. The van der Waals surface area contributed by atoms with Gasteiger partial charge in [-0.3, -0.25) is 9.69 Å². The number of hydrogen-bond donors (Lipinski definition) is 1. The van der Waals surface area contributed by atoms with Gasteiger partial charge in [-0.1, -0.05) is 29.8 Å². The van der Waals surface area contributed by atoms with Gasteiger partial charge in [-0.05, 0) is 46.3 Å². The van der Waals surface area contributed by atoms with Crippen LogP contribution in [0.5, 0.6) is 0 Å². The number of aromatic nitrogens is 4. The fraction of sp³-hybridized carbons (Fsp3) is 0.300. The van der Waals surface area contributed by atoms with E-state index in [1.807, 2.05) is 36.4 Å². The van der Waals surface area contributed by atoms with Gasteiger partial charge in [0.2, 0.25) is 0 Å². The predicted molar refractivity (Wildman–Crippen MR) is 108 cm³/mol. The molecule has 0 aliphatic carbocycles. The zero-order chi connectivity index (χ0) is 20.1. The number of halogens is 1. The molecule has 1 aliphatic heterocycles. The number of nitrogens with one attached hydrogen (secondary N) is 1. The van der Waals surface area contributed by atoms with E-state index >= 15 is 0 Å². The fourth-order valence-corrected chi connectivity index (χ4v) is 3.52. The largest absolute Gasteiger partial charge is 0.379 e. The molecule has 4 rings (SSSR count). The Hall–Kier alpha value is -2.81. The SMILES string of the molecule is O=C(NCC(c1ccc(Cl)cc1)N1CCOCC1)c1cccc(-n2cnnn2)c1. The molecular weight excluding hydrogens is 392 g/mol. The maximum absolute atomic E-state index is 12.8. The molecule has 0 radical (unpaired) electrons. The number of nitrogens with zero attached hydrogens (tertiary/aromatic N) is 5. The number of hydrogen-bond acceptors (Lipinski definition) is 6. The van der Waals surface area contributed by atoms with Crippen LogP contribution in [0.4, 0.5) is 0 Å². The second kappa shape index (κ2) is 9.13. The van der Waals surface area contributed by atoms with E-state index in [1.54, 1.807) is 12.1 Å². The Kier molecular flexibility index (Phi) is 6.14. The lowest BCUT2D eigenvalue weighted by atomic mass is 10.0. The monoisotopic (exact) mass is 412 g/mol. The zero-order valence-corrected chi connectivity index (χ0v) is 16.5. The third-order valence-corrected chi connectivity index (χ3v) is 5.17. The van der Waals surface area contributed by atoms with Crippen LogP contribution < -0.4 is 5.32 Å². The lowest BCUT2D eigenvalue weighted by Gasteiger charge is -2.35. The first-order chi connectivity index (χ1) is 14.2. The molecule has 1 unspecified atom stereocenters. The average molecular weight is 413 g/mol. The van der Waals surface area contributed by atoms with E-state index in [9.17, 15) is 4.79 Å². The number of carbonyl (C=O) groups is 1. The Morgan fingerprint density at radius 3 is 2.69 bits per heavy atom. The van der Waals surface area contributed by atoms with Crippen LogP contribution in [0, 0.1) is 0 Å². The first-order valence-corrected chi connectivity index (χ1v) is 9.77. The van der Waals surface area contributed by atoms with Crippen LogP contribution >= 0.6 is 11.6 Å². The van der Waals surface area contributed by atoms with Gasteiger partial charge in [0.25, 0.3) is 5.91 Å². The molecule has 29 heavy (non-hydrogen) atoms. The smallest absolute Gasteiger partial charge is 0.251 e. The van der Waals surface area contributed by atoms with Crippen LogP contribution in [0.2, 0.25) is 5.02 Å². The minimum Gasteiger partial charge on any atom is -0.379 e. The lowest BCUT2D eigenvalue weighted by molar-refractivity contribution is 0.0162. The van der Waals surface area contributed by atoms with E-state index in [0.29, 0.717) is 30.3 Å². The summed E-state index contributed by atoms with van der Waals surface area (Å²) >= 11 is 6.05. The highest BCUT2D eigenvalue weighted by Gasteiger charge is 2.23. The number of rotatable bonds is 6. The topological polar surface area (TPSA) is 85.2 Å². The maximum Gasteiger partial charge on any atom is 0.251 e. The highest BCUT2D eigenvalue weighted by atomic mass is 35.5. The van der Waals surface area contributed by atoms with Gasteiger partial charge in [-0.2, -0.15) is 0 Å². The molecule has 1 fully saturated rings. The van der Waals surface area contributed by atoms with Crippen LogP contribution in [0.3, 0.4) is 0 Å². The van der Waals surface area contributed by atoms with Gasteiger partial charge < -0.3 is 10.1 Å². The minimum absolute atomic E-state index is 0.0443. The van der Waals surface area contributed by atoms with Crippen LogP contribution in [-0.2, 0) is 4.74 Å². The maximum atomic E-state index is 12.8. The Bertz CT molecular complexity index is 942. The number of carbonyl (C=O) groups excluding carboxylic acids is 1. The van der Waals surface area contributed by atoms with Crippen molar-refractivity contribution in [1.82, 2.24) is 30.4 Å². The normalized spacial score (nSPS) is 15.8. The molecule has 8 nitrogen and oxygen atoms in total. The molecule has 1 amide bonds. The zero-order valence-electron chi connectivity index (χ0n) is 15.7. The summed E-state index contributed by atoms with van der Waals surface area (Å²) in [6.07, 6.45) is 1.49. The van der Waals surface area contributed by atoms with Crippen molar-refractivity contribution in [1.29, 1.82) is 0 Å². The molecule has 1 N–H and O–H groups in total. The second-order valence-electron chi connectivity index (χ2n) is 6.73. The molecule has 2 heterocycles. The quantitative estimate of drug-likeness (QED) is 0.667. The molecule has 0 spiro atoms. The Balaban J connectivity index is 1.48. The first-order valence-electron chi connectivity index (χ1n) is 9.39. The lowest BCUT2D eigenvalue weighted by Crippen LogP contribution is -2.43. The molecule has 1 aliphatic rings. The van der Waals surface area contributed by atoms with Crippen molar-refractivity contribution >= 4 is 17.5 Å². The molecular formula is C20H21ClN6O2. The van der Waals surface area contributed by atoms with E-state index < -0.39 is 0 Å². The van der Waals surface area contributed by atoms with Crippen molar-refractivity contribution in [2.45, 2.75) is 6.04 Å². The summed E-state index contributed by atoms with van der Waals surface area (Å²) in [5.74, 6) is -0.146. The van der Waals surface area contributed by atoms with Crippen LogP contribution in [0.25, 0.3) is 5.69 Å². The van der Waals surface area contributed by atoms with Crippen molar-refractivity contribution in [2.24, 2.45) is 0 Å². The standard InChI is InChI=1S/C20H21ClN6O2/c21-17-6-4-15(5-7-17)19(26-8-10-29-11-9-26)13-22-20(28)16-2-1-3-18(12-16)27-14-23-24-25-27/h1-7,12,14,19H,8-11,13H2,(H,22,28). The van der Waals surface area contributed by atoms with Crippen molar-refractivity contribution < 1.29 is 9.53 Å². The summed E-state index contributed by atoms with van der Waals surface area (Å²) in [4.78, 5) is 15.1. The number of ether oxygens (including phenoxy) is 1. The number of amides is 1. The Morgan fingerprint density at radius 1 is 1.17 bits per heavy atom. The molecule has 0 saturated carbocycles. The van der Waals surface area contributed by atoms with Crippen molar-refractivity contribution in [3.63, 3.8) is 0 Å². The van der Waals surface area contributed by atoms with Crippen molar-refractivity contribution in [3.8, 4) is 5.69 Å². The molecule has 9 heteroatoms. The third-order valence-electron chi connectivity index (χ3n) is 4.92. The van der Waals surface area contributed by atoms with Crippen LogP contribution in [-0.4, -0.2) is 63.9 Å². The number of tetrazole rings is 1. The van der Waals surface area contributed by atoms with Gasteiger partial charge >= 0.3 is 0 Å². The van der Waals surface area contributed by atoms with E-state index in [0.717, 1.165) is 24.3 Å². The first kappa shape index (κ1) is 19.5. The third kappa shape index (κ3) is 4.79. The van der Waals surface area contributed by atoms with Crippen LogP contribution in [0.15, 0.2) is 54.9 Å². The highest BCUT2D eigenvalue weighted by Crippen LogP contribution is 2.23. The number of benzene rings is 2. The molecule has 3 aromatic rings. The Labute approximate surface area is 173 Å². The van der Waals surface area contributed by atoms with Gasteiger partial charge in [-0.25, -0.2) is 4.68 Å². The van der Waals surface area contributed by atoms with Crippen molar-refractivity contribution in [3.05, 3.63) is 71.0 Å². The molecule has 0 bridgehead atoms. The van der Waals surface area contributed by atoms with E-state index in [4.69, 9.17) is 16.3 Å². The Morgan fingerprint density at radius 2 is 1.97 bits per heavy atom. The van der Waals surface area contributed by atoms with Gasteiger partial charge in [0.05, 0.1) is 24.9 Å². The van der Waals surface area contributed by atoms with Gasteiger partial charge in [0, 0.05) is 30.2 Å². The highest BCUT2D eigenvalue weighted by molar-refractivity contribution is 6.30. The summed E-state index contributed by atoms with van der Waals surface area (Å²) < 4.78 is 6.99. The predicted octanol–water partition coefficient (Wildman–Crippen LogP) is 2.12. The van der Waals surface area contributed by atoms with E-state index in [1.165, 1.54) is 11.0 Å². The molecule has 2 aromatic carbocycles. The summed E-state index contributed by atoms with van der Waals surface area (Å²) in [6, 6.07) is 15.0. The minimum atomic E-state index is -0.146. The van der Waals surface area contributed by atoms with Gasteiger partial charge in [0.1, 0.15) is 6.33 Å². The molecule has 1 saturated heterocycles. The van der Waals surface area contributed by atoms with E-state index in [2.05, 4.69) is 25.7 Å². The number of morpholine rings is 1. The summed E-state index contributed by atoms with van der Waals surface area (Å²) in [5, 5.41) is 14.9. The average Bonchev–Trinajstić information content (AvgIpc) is 3.31.